The number of carbonyl (C=O) groups is 3. The monoisotopic (exact) mass is 570 g/mol. The molecule has 0 heterocycles. The molecule has 0 radical (unpaired) electrons. The third kappa shape index (κ3) is 32.3. The lowest BCUT2D eigenvalue weighted by atomic mass is 10.1. The molecule has 0 amide bonds. The summed E-state index contributed by atoms with van der Waals surface area (Å²) in [4.78, 5) is 34.1. The number of ether oxygens (including phenoxy) is 3. The maximum Gasteiger partial charge on any atom is 0.306 e. The molecular formula is C33H62O7. The molecule has 0 aliphatic rings. The van der Waals surface area contributed by atoms with Crippen molar-refractivity contribution in [3.63, 3.8) is 0 Å². The van der Waals surface area contributed by atoms with E-state index in [1.165, 1.54) is 83.5 Å². The molecule has 7 heteroatoms. The third-order valence-electron chi connectivity index (χ3n) is 6.19. The molecule has 0 spiro atoms. The van der Waals surface area contributed by atoms with E-state index in [-0.39, 0.29) is 37.5 Å². The van der Waals surface area contributed by atoms with E-state index in [9.17, 15) is 14.4 Å². The van der Waals surface area contributed by atoms with Crippen LogP contribution in [-0.2, 0) is 28.6 Å². The zero-order chi connectivity index (χ0) is 30.1. The van der Waals surface area contributed by atoms with E-state index < -0.39 is 6.10 Å². The average Bonchev–Trinajstić information content (AvgIpc) is 2.93. The Morgan fingerprint density at radius 2 is 0.950 bits per heavy atom. The van der Waals surface area contributed by atoms with Crippen molar-refractivity contribution in [3.8, 4) is 0 Å². The lowest BCUT2D eigenvalue weighted by Gasteiger charge is -2.18. The molecule has 0 atom stereocenters. The van der Waals surface area contributed by atoms with Crippen molar-refractivity contribution in [2.24, 2.45) is 0 Å². The highest BCUT2D eigenvalue weighted by molar-refractivity contribution is 5.71. The Bertz CT molecular complexity index is 582. The van der Waals surface area contributed by atoms with Crippen molar-refractivity contribution >= 4 is 17.9 Å². The second kappa shape index (κ2) is 33.3. The molecule has 7 nitrogen and oxygen atoms in total. The van der Waals surface area contributed by atoms with Crippen molar-refractivity contribution in [2.75, 3.05) is 19.8 Å². The van der Waals surface area contributed by atoms with Gasteiger partial charge in [0, 0.05) is 25.9 Å². The smallest absolute Gasteiger partial charge is 0.306 e. The van der Waals surface area contributed by atoms with Crippen molar-refractivity contribution in [1.82, 2.24) is 0 Å². The summed E-state index contributed by atoms with van der Waals surface area (Å²) in [6.45, 7) is 8.05. The first-order chi connectivity index (χ1) is 19.4. The lowest BCUT2D eigenvalue weighted by Crippen LogP contribution is -2.30. The summed E-state index contributed by atoms with van der Waals surface area (Å²) in [7, 11) is 0. The van der Waals surface area contributed by atoms with Gasteiger partial charge in [-0.15, -0.1) is 0 Å². The van der Waals surface area contributed by atoms with Gasteiger partial charge < -0.3 is 19.3 Å². The van der Waals surface area contributed by atoms with E-state index in [2.05, 4.69) is 19.1 Å². The highest BCUT2D eigenvalue weighted by Crippen LogP contribution is 2.10. The normalized spacial score (nSPS) is 10.8. The van der Waals surface area contributed by atoms with Gasteiger partial charge in [0.25, 0.3) is 0 Å². The molecule has 0 fully saturated rings. The SMILES string of the molecule is CCCC(=O)OCC(COC(=O)CCC)OC(=O)CCC.CCCCCCCC/C=C\CCCCCCCCO. The van der Waals surface area contributed by atoms with Crippen LogP contribution >= 0.6 is 0 Å². The summed E-state index contributed by atoms with van der Waals surface area (Å²) >= 11 is 0. The molecule has 40 heavy (non-hydrogen) atoms. The first-order valence-electron chi connectivity index (χ1n) is 16.2. The number of hydrogen-bond acceptors (Lipinski definition) is 7. The predicted molar refractivity (Wildman–Crippen MR) is 163 cm³/mol. The highest BCUT2D eigenvalue weighted by Gasteiger charge is 2.18. The number of aliphatic hydroxyl groups is 1. The molecule has 1 N–H and O–H groups in total. The van der Waals surface area contributed by atoms with Crippen molar-refractivity contribution in [1.29, 1.82) is 0 Å². The van der Waals surface area contributed by atoms with E-state index in [0.29, 0.717) is 38.7 Å². The van der Waals surface area contributed by atoms with Crippen molar-refractivity contribution < 1.29 is 33.7 Å². The van der Waals surface area contributed by atoms with Crippen LogP contribution in [0.1, 0.15) is 156 Å². The van der Waals surface area contributed by atoms with E-state index in [1.807, 2.05) is 20.8 Å². The van der Waals surface area contributed by atoms with Gasteiger partial charge in [-0.25, -0.2) is 0 Å². The standard InChI is InChI=1S/C18H36O.C15H26O6/c1-2-3-4-5-6-7-8-9-10-11-12-13-14-15-16-17-18-19;1-4-7-13(16)19-10-12(21-15(18)9-6-3)11-20-14(17)8-5-2/h9-10,19H,2-8,11-18H2,1H3;12H,4-11H2,1-3H3/b10-9-;. The van der Waals surface area contributed by atoms with Gasteiger partial charge in [0.1, 0.15) is 13.2 Å². The quantitative estimate of drug-likeness (QED) is 0.0482. The number of rotatable bonds is 26. The zero-order valence-corrected chi connectivity index (χ0v) is 26.4. The average molecular weight is 571 g/mol. The Morgan fingerprint density at radius 1 is 0.550 bits per heavy atom. The first kappa shape index (κ1) is 40.2. The number of aliphatic hydroxyl groups excluding tert-OH is 1. The lowest BCUT2D eigenvalue weighted by molar-refractivity contribution is -0.166. The number of unbranched alkanes of at least 4 members (excludes halogenated alkanes) is 12. The Labute approximate surface area is 245 Å². The molecular weight excluding hydrogens is 508 g/mol. The highest BCUT2D eigenvalue weighted by atomic mass is 16.6. The Balaban J connectivity index is 0. The van der Waals surface area contributed by atoms with Gasteiger partial charge in [-0.1, -0.05) is 97.6 Å². The largest absolute Gasteiger partial charge is 0.462 e. The van der Waals surface area contributed by atoms with Gasteiger partial charge in [-0.05, 0) is 51.4 Å². The number of esters is 3. The molecule has 0 aromatic heterocycles. The Kier molecular flexibility index (Phi) is 33.5. The predicted octanol–water partition coefficient (Wildman–Crippen LogP) is 8.40. The topological polar surface area (TPSA) is 99.1 Å². The van der Waals surface area contributed by atoms with Crippen molar-refractivity contribution in [2.45, 2.75) is 162 Å². The van der Waals surface area contributed by atoms with Gasteiger partial charge in [0.2, 0.25) is 0 Å². The molecule has 236 valence electrons. The van der Waals surface area contributed by atoms with Gasteiger partial charge in [-0.2, -0.15) is 0 Å². The van der Waals surface area contributed by atoms with Gasteiger partial charge >= 0.3 is 17.9 Å². The minimum atomic E-state index is -0.745. The summed E-state index contributed by atoms with van der Waals surface area (Å²) in [6.07, 6.45) is 25.4. The van der Waals surface area contributed by atoms with Crippen LogP contribution in [0.15, 0.2) is 12.2 Å². The zero-order valence-electron chi connectivity index (χ0n) is 26.4. The molecule has 0 aromatic carbocycles. The van der Waals surface area contributed by atoms with Crippen LogP contribution in [0.2, 0.25) is 0 Å². The molecule has 0 bridgehead atoms. The maximum absolute atomic E-state index is 11.5. The molecule has 0 unspecified atom stereocenters. The second-order valence-electron chi connectivity index (χ2n) is 10.4. The van der Waals surface area contributed by atoms with Gasteiger partial charge in [0.05, 0.1) is 0 Å². The minimum absolute atomic E-state index is 0.0896. The Hall–Kier alpha value is -1.89. The number of carbonyl (C=O) groups excluding carboxylic acids is 3. The van der Waals surface area contributed by atoms with Crippen molar-refractivity contribution in [3.05, 3.63) is 12.2 Å². The number of allylic oxidation sites excluding steroid dienone is 2. The summed E-state index contributed by atoms with van der Waals surface area (Å²) in [5, 5.41) is 8.66. The summed E-state index contributed by atoms with van der Waals surface area (Å²) < 4.78 is 15.2. The minimum Gasteiger partial charge on any atom is -0.462 e. The van der Waals surface area contributed by atoms with E-state index in [0.717, 1.165) is 6.42 Å². The van der Waals surface area contributed by atoms with Crippen LogP contribution in [0.3, 0.4) is 0 Å². The van der Waals surface area contributed by atoms with E-state index in [1.54, 1.807) is 0 Å². The summed E-state index contributed by atoms with van der Waals surface area (Å²) in [6, 6.07) is 0. The molecule has 0 saturated heterocycles. The third-order valence-corrected chi connectivity index (χ3v) is 6.19. The molecule has 0 aliphatic carbocycles. The fraction of sp³-hybridized carbons (Fsp3) is 0.848. The number of hydrogen-bond donors (Lipinski definition) is 1. The van der Waals surface area contributed by atoms with Crippen LogP contribution in [0, 0.1) is 0 Å². The van der Waals surface area contributed by atoms with Crippen LogP contribution in [0.4, 0.5) is 0 Å². The molecule has 0 saturated carbocycles. The van der Waals surface area contributed by atoms with Gasteiger partial charge in [0.15, 0.2) is 6.10 Å². The Morgan fingerprint density at radius 3 is 1.38 bits per heavy atom. The van der Waals surface area contributed by atoms with Crippen LogP contribution < -0.4 is 0 Å². The molecule has 0 rings (SSSR count). The van der Waals surface area contributed by atoms with Crippen LogP contribution in [-0.4, -0.2) is 48.9 Å². The fourth-order valence-electron chi connectivity index (χ4n) is 3.85. The molecule has 0 aliphatic heterocycles. The van der Waals surface area contributed by atoms with Crippen LogP contribution in [0.25, 0.3) is 0 Å². The van der Waals surface area contributed by atoms with E-state index in [4.69, 9.17) is 19.3 Å². The summed E-state index contributed by atoms with van der Waals surface area (Å²) in [5.74, 6) is -1.09. The summed E-state index contributed by atoms with van der Waals surface area (Å²) in [5.41, 5.74) is 0. The fourth-order valence-corrected chi connectivity index (χ4v) is 3.85. The van der Waals surface area contributed by atoms with E-state index >= 15 is 0 Å². The second-order valence-corrected chi connectivity index (χ2v) is 10.4. The first-order valence-corrected chi connectivity index (χ1v) is 16.2. The molecule has 0 aromatic rings. The van der Waals surface area contributed by atoms with Crippen LogP contribution in [0.5, 0.6) is 0 Å². The van der Waals surface area contributed by atoms with Gasteiger partial charge in [-0.3, -0.25) is 14.4 Å². The maximum atomic E-state index is 11.5.